The topological polar surface area (TPSA) is 30.9 Å². The van der Waals surface area contributed by atoms with Crippen molar-refractivity contribution in [2.75, 3.05) is 32.9 Å². The molecule has 1 aliphatic rings. The molecular formula is C22H37NO3. The van der Waals surface area contributed by atoms with Crippen molar-refractivity contribution in [1.82, 2.24) is 4.90 Å². The Morgan fingerprint density at radius 1 is 1.08 bits per heavy atom. The summed E-state index contributed by atoms with van der Waals surface area (Å²) in [6.45, 7) is 8.73. The average Bonchev–Trinajstić information content (AvgIpc) is 2.67. The first-order chi connectivity index (χ1) is 12.8. The van der Waals surface area contributed by atoms with E-state index in [0.717, 1.165) is 38.5 Å². The number of ether oxygens (including phenoxy) is 3. The molecule has 1 heterocycles. The molecule has 1 saturated heterocycles. The number of rotatable bonds is 13. The van der Waals surface area contributed by atoms with Crippen LogP contribution in [0.1, 0.15) is 58.8 Å². The Morgan fingerprint density at radius 3 is 2.62 bits per heavy atom. The third-order valence-corrected chi connectivity index (χ3v) is 4.98. The van der Waals surface area contributed by atoms with E-state index in [0.29, 0.717) is 12.6 Å². The van der Waals surface area contributed by atoms with Gasteiger partial charge in [-0.1, -0.05) is 57.2 Å². The lowest BCUT2D eigenvalue weighted by Gasteiger charge is -2.37. The second-order valence-corrected chi connectivity index (χ2v) is 7.08. The molecule has 0 spiro atoms. The molecular weight excluding hydrogens is 326 g/mol. The van der Waals surface area contributed by atoms with Gasteiger partial charge in [0.25, 0.3) is 0 Å². The Balaban J connectivity index is 1.80. The van der Waals surface area contributed by atoms with Gasteiger partial charge in [-0.2, -0.15) is 0 Å². The minimum atomic E-state index is -0.221. The number of hydrogen-bond donors (Lipinski definition) is 0. The van der Waals surface area contributed by atoms with Gasteiger partial charge in [0.1, 0.15) is 5.75 Å². The van der Waals surface area contributed by atoms with Gasteiger partial charge < -0.3 is 14.2 Å². The van der Waals surface area contributed by atoms with Crippen molar-refractivity contribution in [2.24, 2.45) is 0 Å². The van der Waals surface area contributed by atoms with Crippen LogP contribution in [0, 0.1) is 0 Å². The third-order valence-electron chi connectivity index (χ3n) is 4.98. The lowest BCUT2D eigenvalue weighted by Crippen LogP contribution is -2.48. The predicted octanol–water partition coefficient (Wildman–Crippen LogP) is 4.88. The van der Waals surface area contributed by atoms with Crippen LogP contribution in [0.15, 0.2) is 30.3 Å². The molecule has 2 unspecified atom stereocenters. The van der Waals surface area contributed by atoms with Crippen molar-refractivity contribution >= 4 is 0 Å². The number of para-hydroxylation sites is 1. The molecule has 0 bridgehead atoms. The molecule has 4 heteroatoms. The summed E-state index contributed by atoms with van der Waals surface area (Å²) in [4.78, 5) is 2.57. The molecule has 148 valence electrons. The lowest BCUT2D eigenvalue weighted by atomic mass is 10.1. The molecule has 0 N–H and O–H groups in total. The van der Waals surface area contributed by atoms with Crippen molar-refractivity contribution in [3.05, 3.63) is 30.3 Å². The summed E-state index contributed by atoms with van der Waals surface area (Å²) in [6.07, 6.45) is 8.65. The van der Waals surface area contributed by atoms with Crippen LogP contribution in [-0.4, -0.2) is 50.1 Å². The van der Waals surface area contributed by atoms with E-state index >= 15 is 0 Å². The van der Waals surface area contributed by atoms with Gasteiger partial charge in [0, 0.05) is 25.6 Å². The minimum absolute atomic E-state index is 0.221. The van der Waals surface area contributed by atoms with Crippen LogP contribution in [0.3, 0.4) is 0 Å². The second kappa shape index (κ2) is 13.1. The number of benzene rings is 1. The summed E-state index contributed by atoms with van der Waals surface area (Å²) >= 11 is 0. The molecule has 1 aromatic carbocycles. The van der Waals surface area contributed by atoms with Gasteiger partial charge in [0.15, 0.2) is 0 Å². The fourth-order valence-corrected chi connectivity index (χ4v) is 3.50. The first-order valence-corrected chi connectivity index (χ1v) is 10.5. The molecule has 0 aromatic heterocycles. The van der Waals surface area contributed by atoms with E-state index in [4.69, 9.17) is 14.2 Å². The molecule has 2 rings (SSSR count). The molecule has 0 aliphatic carbocycles. The predicted molar refractivity (Wildman–Crippen MR) is 107 cm³/mol. The molecule has 2 atom stereocenters. The number of morpholine rings is 1. The van der Waals surface area contributed by atoms with Gasteiger partial charge in [0.2, 0.25) is 6.29 Å². The van der Waals surface area contributed by atoms with E-state index in [1.54, 1.807) is 0 Å². The van der Waals surface area contributed by atoms with Gasteiger partial charge in [-0.25, -0.2) is 0 Å². The molecule has 1 aliphatic heterocycles. The summed E-state index contributed by atoms with van der Waals surface area (Å²) < 4.78 is 17.7. The molecule has 4 nitrogen and oxygen atoms in total. The maximum absolute atomic E-state index is 6.07. The summed E-state index contributed by atoms with van der Waals surface area (Å²) in [5.41, 5.74) is 0. The first-order valence-electron chi connectivity index (χ1n) is 10.5. The van der Waals surface area contributed by atoms with Crippen LogP contribution in [0.5, 0.6) is 5.75 Å². The third kappa shape index (κ3) is 8.07. The number of nitrogens with zero attached hydrogens (tertiary/aromatic N) is 1. The molecule has 0 amide bonds. The van der Waals surface area contributed by atoms with Crippen LogP contribution >= 0.6 is 0 Å². The van der Waals surface area contributed by atoms with Gasteiger partial charge in [0.05, 0.1) is 13.2 Å². The Labute approximate surface area is 159 Å². The van der Waals surface area contributed by atoms with Crippen molar-refractivity contribution < 1.29 is 14.2 Å². The summed E-state index contributed by atoms with van der Waals surface area (Å²) in [6, 6.07) is 10.3. The van der Waals surface area contributed by atoms with E-state index < -0.39 is 0 Å². The highest BCUT2D eigenvalue weighted by Crippen LogP contribution is 2.19. The van der Waals surface area contributed by atoms with Crippen LogP contribution in [0.25, 0.3) is 0 Å². The van der Waals surface area contributed by atoms with Crippen LogP contribution < -0.4 is 4.74 Å². The maximum Gasteiger partial charge on any atom is 0.201 e. The van der Waals surface area contributed by atoms with Crippen LogP contribution in [0.4, 0.5) is 0 Å². The Morgan fingerprint density at radius 2 is 1.85 bits per heavy atom. The van der Waals surface area contributed by atoms with Crippen LogP contribution in [-0.2, 0) is 9.47 Å². The largest absolute Gasteiger partial charge is 0.465 e. The highest BCUT2D eigenvalue weighted by Gasteiger charge is 2.27. The van der Waals surface area contributed by atoms with Crippen molar-refractivity contribution in [2.45, 2.75) is 71.1 Å². The standard InChI is InChI=1S/C22H37NO3/c1-3-5-6-7-8-12-15-23-16-17-24-19-20(23)18-22(25-4-2)26-21-13-10-9-11-14-21/h9-11,13-14,20,22H,3-8,12,15-19H2,1-2H3. The maximum atomic E-state index is 6.07. The van der Waals surface area contributed by atoms with Crippen LogP contribution in [0.2, 0.25) is 0 Å². The monoisotopic (exact) mass is 363 g/mol. The SMILES string of the molecule is CCCCCCCCN1CCOCC1CC(OCC)Oc1ccccc1. The minimum Gasteiger partial charge on any atom is -0.465 e. The number of hydrogen-bond acceptors (Lipinski definition) is 4. The van der Waals surface area contributed by atoms with Gasteiger partial charge in [-0.15, -0.1) is 0 Å². The highest BCUT2D eigenvalue weighted by molar-refractivity contribution is 5.21. The smallest absolute Gasteiger partial charge is 0.201 e. The van der Waals surface area contributed by atoms with E-state index in [1.807, 2.05) is 37.3 Å². The zero-order valence-electron chi connectivity index (χ0n) is 16.7. The van der Waals surface area contributed by atoms with Crippen molar-refractivity contribution in [3.63, 3.8) is 0 Å². The molecule has 26 heavy (non-hydrogen) atoms. The average molecular weight is 364 g/mol. The van der Waals surface area contributed by atoms with Gasteiger partial charge in [-0.05, 0) is 32.0 Å². The van der Waals surface area contributed by atoms with Crippen molar-refractivity contribution in [3.8, 4) is 5.75 Å². The van der Waals surface area contributed by atoms with E-state index in [1.165, 1.54) is 38.5 Å². The molecule has 1 aromatic rings. The van der Waals surface area contributed by atoms with E-state index in [-0.39, 0.29) is 6.29 Å². The molecule has 0 saturated carbocycles. The Hall–Kier alpha value is -1.10. The highest BCUT2D eigenvalue weighted by atomic mass is 16.7. The fraction of sp³-hybridized carbons (Fsp3) is 0.727. The molecule has 1 fully saturated rings. The van der Waals surface area contributed by atoms with E-state index in [9.17, 15) is 0 Å². The Bertz CT molecular complexity index is 454. The summed E-state index contributed by atoms with van der Waals surface area (Å²) in [5.74, 6) is 0.866. The van der Waals surface area contributed by atoms with Gasteiger partial charge >= 0.3 is 0 Å². The Kier molecular flexibility index (Phi) is 10.7. The first kappa shape index (κ1) is 21.2. The van der Waals surface area contributed by atoms with Crippen molar-refractivity contribution in [1.29, 1.82) is 0 Å². The van der Waals surface area contributed by atoms with Gasteiger partial charge in [-0.3, -0.25) is 4.90 Å². The fourth-order valence-electron chi connectivity index (χ4n) is 3.50. The van der Waals surface area contributed by atoms with E-state index in [2.05, 4.69) is 11.8 Å². The zero-order chi connectivity index (χ0) is 18.5. The normalized spacial score (nSPS) is 19.4. The summed E-state index contributed by atoms with van der Waals surface area (Å²) in [5, 5.41) is 0. The lowest BCUT2D eigenvalue weighted by molar-refractivity contribution is -0.109. The zero-order valence-corrected chi connectivity index (χ0v) is 16.7. The number of unbranched alkanes of at least 4 members (excludes halogenated alkanes) is 5. The second-order valence-electron chi connectivity index (χ2n) is 7.08. The summed E-state index contributed by atoms with van der Waals surface area (Å²) in [7, 11) is 0. The molecule has 0 radical (unpaired) electrons. The quantitative estimate of drug-likeness (QED) is 0.369.